The summed E-state index contributed by atoms with van der Waals surface area (Å²) in [5, 5.41) is 0. The van der Waals surface area contributed by atoms with Crippen LogP contribution in [0.3, 0.4) is 0 Å². The molecule has 0 aliphatic heterocycles. The third kappa shape index (κ3) is 4.47. The summed E-state index contributed by atoms with van der Waals surface area (Å²) in [4.78, 5) is 7.22. The van der Waals surface area contributed by atoms with Gasteiger partial charge in [0, 0.05) is 11.8 Å². The summed E-state index contributed by atoms with van der Waals surface area (Å²) in [7, 11) is -2.73. The summed E-state index contributed by atoms with van der Waals surface area (Å²) in [6.45, 7) is 16.4. The van der Waals surface area contributed by atoms with Crippen LogP contribution in [0.2, 0.25) is 19.6 Å². The zero-order valence-electron chi connectivity index (χ0n) is 18.7. The summed E-state index contributed by atoms with van der Waals surface area (Å²) in [5.41, 5.74) is -0.883. The van der Waals surface area contributed by atoms with Crippen LogP contribution in [0, 0.1) is 26.2 Å². The number of hydrogen-bond donors (Lipinski definition) is 0. The molecule has 32 heavy (non-hydrogen) atoms. The first-order valence-corrected chi connectivity index (χ1v) is 13.6. The van der Waals surface area contributed by atoms with E-state index in [1.807, 2.05) is 31.2 Å². The summed E-state index contributed by atoms with van der Waals surface area (Å²) < 4.78 is 52.7. The van der Waals surface area contributed by atoms with E-state index in [1.165, 1.54) is 30.5 Å². The summed E-state index contributed by atoms with van der Waals surface area (Å²) in [6, 6.07) is 14.1. The molecule has 0 N–H and O–H groups in total. The van der Waals surface area contributed by atoms with E-state index in [0.29, 0.717) is 11.1 Å². The van der Waals surface area contributed by atoms with Crippen LogP contribution in [0.5, 0.6) is 0 Å². The average Bonchev–Trinajstić information content (AvgIpc) is 2.72. The molecule has 3 rings (SSSR count). The lowest BCUT2D eigenvalue weighted by Crippen LogP contribution is -2.50. The van der Waals surface area contributed by atoms with Crippen molar-refractivity contribution >= 4 is 8.32 Å². The van der Waals surface area contributed by atoms with Crippen LogP contribution in [-0.2, 0) is 16.1 Å². The Labute approximate surface area is 187 Å². The van der Waals surface area contributed by atoms with Crippen LogP contribution >= 0.6 is 0 Å². The second-order valence-electron chi connectivity index (χ2n) is 8.83. The van der Waals surface area contributed by atoms with E-state index in [0.717, 1.165) is 17.2 Å². The third-order valence-electron chi connectivity index (χ3n) is 5.00. The molecule has 0 radical (unpaired) electrons. The second kappa shape index (κ2) is 8.53. The molecule has 0 bridgehead atoms. The number of hydrogen-bond acceptors (Lipinski definition) is 2. The minimum Gasteiger partial charge on any atom is -0.342 e. The highest BCUT2D eigenvalue weighted by molar-refractivity contribution is 6.69. The first-order chi connectivity index (χ1) is 14.9. The van der Waals surface area contributed by atoms with Gasteiger partial charge in [-0.2, -0.15) is 8.78 Å². The van der Waals surface area contributed by atoms with Gasteiger partial charge in [0.1, 0.15) is 17.1 Å². The molecular formula is C25H25F3N2OSi. The van der Waals surface area contributed by atoms with Crippen molar-refractivity contribution in [3.05, 3.63) is 100 Å². The topological polar surface area (TPSA) is 26.5 Å². The Morgan fingerprint density at radius 1 is 0.906 bits per heavy atom. The highest BCUT2D eigenvalue weighted by Gasteiger charge is 2.68. The van der Waals surface area contributed by atoms with Gasteiger partial charge >= 0.3 is 11.6 Å². The van der Waals surface area contributed by atoms with Crippen molar-refractivity contribution in [3.63, 3.8) is 0 Å². The van der Waals surface area contributed by atoms with Crippen molar-refractivity contribution in [1.82, 2.24) is 4.98 Å². The van der Waals surface area contributed by atoms with Gasteiger partial charge < -0.3 is 4.43 Å². The van der Waals surface area contributed by atoms with E-state index in [9.17, 15) is 4.39 Å². The van der Waals surface area contributed by atoms with Crippen molar-refractivity contribution in [1.29, 1.82) is 0 Å². The molecule has 1 aromatic heterocycles. The maximum Gasteiger partial charge on any atom is 0.427 e. The van der Waals surface area contributed by atoms with Crippen molar-refractivity contribution in [3.8, 4) is 11.1 Å². The fraction of sp³-hybridized carbons (Fsp3) is 0.280. The largest absolute Gasteiger partial charge is 0.427 e. The van der Waals surface area contributed by atoms with E-state index in [-0.39, 0.29) is 0 Å². The number of halogens is 3. The molecule has 166 valence electrons. The van der Waals surface area contributed by atoms with E-state index in [1.54, 1.807) is 26.6 Å². The van der Waals surface area contributed by atoms with Crippen LogP contribution in [0.15, 0.2) is 60.8 Å². The average molecular weight is 455 g/mol. The van der Waals surface area contributed by atoms with E-state index in [2.05, 4.69) is 9.83 Å². The fourth-order valence-electron chi connectivity index (χ4n) is 3.45. The molecule has 0 aliphatic rings. The van der Waals surface area contributed by atoms with Gasteiger partial charge in [0.05, 0.1) is 0 Å². The number of nitrogens with zero attached hydrogens (tertiary/aromatic N) is 2. The Balaban J connectivity index is 2.14. The molecule has 1 heterocycles. The van der Waals surface area contributed by atoms with Crippen molar-refractivity contribution in [2.24, 2.45) is 0 Å². The van der Waals surface area contributed by atoms with Gasteiger partial charge in [-0.25, -0.2) is 11.0 Å². The molecule has 0 amide bonds. The zero-order chi connectivity index (χ0) is 23.7. The van der Waals surface area contributed by atoms with Gasteiger partial charge in [-0.1, -0.05) is 42.0 Å². The lowest BCUT2D eigenvalue weighted by Gasteiger charge is -2.34. The van der Waals surface area contributed by atoms with Gasteiger partial charge in [-0.3, -0.25) is 9.83 Å². The molecule has 2 aromatic carbocycles. The monoisotopic (exact) mass is 454 g/mol. The van der Waals surface area contributed by atoms with Crippen LogP contribution < -0.4 is 0 Å². The molecule has 0 saturated heterocycles. The van der Waals surface area contributed by atoms with Crippen LogP contribution in [0.25, 0.3) is 16.0 Å². The molecule has 7 heteroatoms. The maximum atomic E-state index is 16.0. The third-order valence-corrected chi connectivity index (χ3v) is 5.90. The summed E-state index contributed by atoms with van der Waals surface area (Å²) in [6.07, 6.45) is 1.34. The van der Waals surface area contributed by atoms with E-state index >= 15 is 8.78 Å². The fourth-order valence-corrected chi connectivity index (χ4v) is 4.62. The first kappa shape index (κ1) is 23.7. The highest BCUT2D eigenvalue weighted by Crippen LogP contribution is 2.51. The second-order valence-corrected chi connectivity index (χ2v) is 13.3. The van der Waals surface area contributed by atoms with Crippen molar-refractivity contribution < 1.29 is 17.6 Å². The number of aryl methyl sites for hydroxylation is 2. The molecule has 1 atom stereocenters. The minimum absolute atomic E-state index is 0.491. The molecule has 0 aliphatic carbocycles. The molecule has 0 unspecified atom stereocenters. The van der Waals surface area contributed by atoms with Crippen molar-refractivity contribution in [2.75, 3.05) is 0 Å². The lowest BCUT2D eigenvalue weighted by atomic mass is 9.92. The van der Waals surface area contributed by atoms with E-state index in [4.69, 9.17) is 11.0 Å². The highest BCUT2D eigenvalue weighted by atomic mass is 28.4. The Kier molecular flexibility index (Phi) is 6.32. The Morgan fingerprint density at radius 3 is 2.00 bits per heavy atom. The minimum atomic E-state index is -3.91. The normalized spacial score (nSPS) is 14.0. The van der Waals surface area contributed by atoms with Crippen LogP contribution in [0.1, 0.15) is 22.4 Å². The molecule has 0 spiro atoms. The Hall–Kier alpha value is -2.95. The van der Waals surface area contributed by atoms with Gasteiger partial charge in [0.25, 0.3) is 0 Å². The molecule has 3 aromatic rings. The Morgan fingerprint density at radius 2 is 1.50 bits per heavy atom. The van der Waals surface area contributed by atoms with Gasteiger partial charge in [-0.05, 0) is 62.8 Å². The Bertz CT molecular complexity index is 1150. The number of aromatic nitrogens is 1. The number of alkyl halides is 2. The van der Waals surface area contributed by atoms with Gasteiger partial charge in [-0.15, -0.1) is 0 Å². The molecule has 0 saturated carbocycles. The predicted molar refractivity (Wildman–Crippen MR) is 122 cm³/mol. The van der Waals surface area contributed by atoms with Crippen molar-refractivity contribution in [2.45, 2.75) is 45.1 Å². The van der Waals surface area contributed by atoms with Crippen LogP contribution in [0.4, 0.5) is 13.2 Å². The maximum absolute atomic E-state index is 16.0. The molecule has 0 fully saturated rings. The molecular weight excluding hydrogens is 429 g/mol. The van der Waals surface area contributed by atoms with E-state index < -0.39 is 37.0 Å². The smallest absolute Gasteiger partial charge is 0.342 e. The number of benzene rings is 2. The predicted octanol–water partition coefficient (Wildman–Crippen LogP) is 7.22. The summed E-state index contributed by atoms with van der Waals surface area (Å²) >= 11 is 0. The SMILES string of the molecule is [C-]#[N+][C@](O[Si](C)(C)C)(c1ccc(C)cc1F)C(F)(F)c1ccc(-c2ccc(C)cc2)cn1. The standard InChI is InChI=1S/C25H25F3N2OSi/c1-17-7-10-19(11-8-17)20-12-14-23(30-16-20)24(27,28)25(29-3,31-32(4,5)6)21-13-9-18(2)15-22(21)26/h7-16H,1-2,4-6H3/t25-/m0/s1. The molecule has 3 nitrogen and oxygen atoms in total. The zero-order valence-corrected chi connectivity index (χ0v) is 19.7. The number of pyridine rings is 1. The quantitative estimate of drug-likeness (QED) is 0.290. The van der Waals surface area contributed by atoms with Gasteiger partial charge in [0.2, 0.25) is 0 Å². The lowest BCUT2D eigenvalue weighted by molar-refractivity contribution is -0.162. The van der Waals surface area contributed by atoms with Gasteiger partial charge in [0.15, 0.2) is 8.32 Å². The first-order valence-electron chi connectivity index (χ1n) is 10.2. The summed E-state index contributed by atoms with van der Waals surface area (Å²) in [5.74, 6) is -4.81. The van der Waals surface area contributed by atoms with Crippen LogP contribution in [-0.4, -0.2) is 13.3 Å². The number of rotatable bonds is 6.